The van der Waals surface area contributed by atoms with Crippen LogP contribution in [0, 0.1) is 5.92 Å². The Morgan fingerprint density at radius 1 is 0.971 bits per heavy atom. The lowest BCUT2D eigenvalue weighted by atomic mass is 9.86. The fraction of sp³-hybridized carbons (Fsp3) is 0.321. The molecule has 4 aromatic rings. The van der Waals surface area contributed by atoms with Crippen molar-refractivity contribution in [3.05, 3.63) is 71.6 Å². The van der Waals surface area contributed by atoms with E-state index in [9.17, 15) is 4.79 Å². The monoisotopic (exact) mass is 485 g/mol. The van der Waals surface area contributed by atoms with E-state index in [4.69, 9.17) is 9.97 Å². The van der Waals surface area contributed by atoms with Gasteiger partial charge in [0.2, 0.25) is 5.95 Å². The molecule has 2 N–H and O–H groups in total. The second-order valence-corrected chi connectivity index (χ2v) is 10.4. The number of benzene rings is 2. The van der Waals surface area contributed by atoms with Gasteiger partial charge in [-0.05, 0) is 72.9 Å². The molecule has 0 aliphatic heterocycles. The summed E-state index contributed by atoms with van der Waals surface area (Å²) in [7, 11) is 4.02. The first kappa shape index (κ1) is 23.3. The molecule has 6 nitrogen and oxygen atoms in total. The van der Waals surface area contributed by atoms with Crippen LogP contribution in [0.2, 0.25) is 0 Å². The van der Waals surface area contributed by atoms with Gasteiger partial charge in [0.1, 0.15) is 5.82 Å². The zero-order chi connectivity index (χ0) is 24.2. The van der Waals surface area contributed by atoms with Crippen molar-refractivity contribution < 1.29 is 4.79 Å². The Bertz CT molecular complexity index is 1280. The number of rotatable bonds is 7. The van der Waals surface area contributed by atoms with Gasteiger partial charge in [0, 0.05) is 42.5 Å². The van der Waals surface area contributed by atoms with Gasteiger partial charge in [-0.25, -0.2) is 4.98 Å². The van der Waals surface area contributed by atoms with E-state index in [-0.39, 0.29) is 5.91 Å². The van der Waals surface area contributed by atoms with Crippen molar-refractivity contribution >= 4 is 39.9 Å². The van der Waals surface area contributed by atoms with Crippen molar-refractivity contribution in [2.24, 2.45) is 5.92 Å². The summed E-state index contributed by atoms with van der Waals surface area (Å²) < 4.78 is 0. The summed E-state index contributed by atoms with van der Waals surface area (Å²) in [5, 5.41) is 9.83. The number of anilines is 2. The zero-order valence-corrected chi connectivity index (χ0v) is 21.0. The van der Waals surface area contributed by atoms with E-state index in [1.54, 1.807) is 11.3 Å². The number of aromatic nitrogens is 2. The third kappa shape index (κ3) is 5.46. The molecule has 2 aromatic carbocycles. The summed E-state index contributed by atoms with van der Waals surface area (Å²) in [4.78, 5) is 25.4. The molecule has 35 heavy (non-hydrogen) atoms. The van der Waals surface area contributed by atoms with Crippen LogP contribution < -0.4 is 15.5 Å². The second kappa shape index (κ2) is 10.4. The molecule has 0 radical (unpaired) electrons. The zero-order valence-electron chi connectivity index (χ0n) is 20.2. The van der Waals surface area contributed by atoms with Crippen LogP contribution in [0.4, 0.5) is 11.8 Å². The van der Waals surface area contributed by atoms with Crippen molar-refractivity contribution in [2.45, 2.75) is 31.7 Å². The van der Waals surface area contributed by atoms with E-state index in [1.807, 2.05) is 67.5 Å². The minimum atomic E-state index is 0.00348. The summed E-state index contributed by atoms with van der Waals surface area (Å²) >= 11 is 1.71. The van der Waals surface area contributed by atoms with Gasteiger partial charge < -0.3 is 15.5 Å². The third-order valence-corrected chi connectivity index (χ3v) is 7.61. The van der Waals surface area contributed by atoms with Crippen LogP contribution in [0.5, 0.6) is 0 Å². The molecule has 0 spiro atoms. The number of hydrogen-bond donors (Lipinski definition) is 2. The number of para-hydroxylation sites is 1. The van der Waals surface area contributed by atoms with Gasteiger partial charge in [-0.1, -0.05) is 30.3 Å². The highest BCUT2D eigenvalue weighted by Crippen LogP contribution is 2.28. The van der Waals surface area contributed by atoms with Gasteiger partial charge in [0.05, 0.1) is 5.52 Å². The topological polar surface area (TPSA) is 70.2 Å². The van der Waals surface area contributed by atoms with Gasteiger partial charge in [0.25, 0.3) is 5.91 Å². The molecule has 0 unspecified atom stereocenters. The quantitative estimate of drug-likeness (QED) is 0.345. The molecule has 1 saturated carbocycles. The molecule has 7 heteroatoms. The lowest BCUT2D eigenvalue weighted by molar-refractivity contribution is 0.0943. The van der Waals surface area contributed by atoms with E-state index in [1.165, 1.54) is 4.88 Å². The standard InChI is InChI=1S/C28H31N5OS/c1-33(2)26-23-6-3-4-7-24(23)31-28(32-26)30-22-15-9-19(10-16-22)18-29-27(34)21-13-11-20(12-14-21)25-8-5-17-35-25/h3-8,11-14,17,19,22H,9-10,15-16,18H2,1-2H3,(H,29,34)(H,30,31,32). The summed E-state index contributed by atoms with van der Waals surface area (Å²) in [5.41, 5.74) is 2.81. The summed E-state index contributed by atoms with van der Waals surface area (Å²) in [6.07, 6.45) is 4.24. The number of thiophene rings is 1. The average molecular weight is 486 g/mol. The maximum Gasteiger partial charge on any atom is 0.251 e. The van der Waals surface area contributed by atoms with Gasteiger partial charge in [-0.3, -0.25) is 4.79 Å². The predicted octanol–water partition coefficient (Wildman–Crippen LogP) is 5.83. The minimum absolute atomic E-state index is 0.00348. The number of nitrogens with zero attached hydrogens (tertiary/aromatic N) is 3. The third-order valence-electron chi connectivity index (χ3n) is 6.69. The Hall–Kier alpha value is -3.45. The highest BCUT2D eigenvalue weighted by atomic mass is 32.1. The molecule has 0 bridgehead atoms. The van der Waals surface area contributed by atoms with E-state index in [2.05, 4.69) is 28.1 Å². The number of carbonyl (C=O) groups excluding carboxylic acids is 1. The normalized spacial score (nSPS) is 17.8. The molecule has 1 aliphatic rings. The van der Waals surface area contributed by atoms with E-state index in [0.717, 1.165) is 54.5 Å². The summed E-state index contributed by atoms with van der Waals surface area (Å²) in [5.74, 6) is 2.12. The highest BCUT2D eigenvalue weighted by Gasteiger charge is 2.23. The van der Waals surface area contributed by atoms with E-state index in [0.29, 0.717) is 23.5 Å². The van der Waals surface area contributed by atoms with E-state index < -0.39 is 0 Å². The molecule has 5 rings (SSSR count). The Kier molecular flexibility index (Phi) is 6.95. The van der Waals surface area contributed by atoms with Crippen LogP contribution in [0.3, 0.4) is 0 Å². The lowest BCUT2D eigenvalue weighted by Gasteiger charge is -2.29. The Morgan fingerprint density at radius 3 is 2.46 bits per heavy atom. The van der Waals surface area contributed by atoms with Crippen LogP contribution in [0.15, 0.2) is 66.0 Å². The Labute approximate surface area is 210 Å². The molecule has 1 fully saturated rings. The van der Waals surface area contributed by atoms with Crippen LogP contribution >= 0.6 is 11.3 Å². The number of fused-ring (bicyclic) bond motifs is 1. The predicted molar refractivity (Wildman–Crippen MR) is 145 cm³/mol. The van der Waals surface area contributed by atoms with Crippen LogP contribution in [0.25, 0.3) is 21.3 Å². The molecule has 180 valence electrons. The molecule has 0 atom stereocenters. The molecular weight excluding hydrogens is 454 g/mol. The maximum absolute atomic E-state index is 12.6. The molecular formula is C28H31N5OS. The SMILES string of the molecule is CN(C)c1nc(NC2CCC(CNC(=O)c3ccc(-c4cccs4)cc3)CC2)nc2ccccc12. The number of hydrogen-bond acceptors (Lipinski definition) is 6. The number of nitrogens with one attached hydrogen (secondary N) is 2. The van der Waals surface area contributed by atoms with Crippen molar-refractivity contribution in [3.8, 4) is 10.4 Å². The van der Waals surface area contributed by atoms with Gasteiger partial charge in [-0.2, -0.15) is 4.98 Å². The van der Waals surface area contributed by atoms with Crippen molar-refractivity contribution in [3.63, 3.8) is 0 Å². The molecule has 1 aliphatic carbocycles. The summed E-state index contributed by atoms with van der Waals surface area (Å²) in [6.45, 7) is 0.718. The molecule has 0 saturated heterocycles. The Morgan fingerprint density at radius 2 is 1.74 bits per heavy atom. The molecule has 2 aromatic heterocycles. The Balaban J connectivity index is 1.12. The average Bonchev–Trinajstić information content (AvgIpc) is 3.43. The van der Waals surface area contributed by atoms with Crippen LogP contribution in [-0.4, -0.2) is 42.6 Å². The fourth-order valence-electron chi connectivity index (χ4n) is 4.73. The molecule has 2 heterocycles. The largest absolute Gasteiger partial charge is 0.362 e. The minimum Gasteiger partial charge on any atom is -0.362 e. The van der Waals surface area contributed by atoms with E-state index >= 15 is 0 Å². The number of carbonyl (C=O) groups is 1. The van der Waals surface area contributed by atoms with Gasteiger partial charge in [0.15, 0.2) is 0 Å². The number of amides is 1. The summed E-state index contributed by atoms with van der Waals surface area (Å²) in [6, 6.07) is 20.5. The van der Waals surface area contributed by atoms with Crippen molar-refractivity contribution in [1.29, 1.82) is 0 Å². The highest BCUT2D eigenvalue weighted by molar-refractivity contribution is 7.13. The second-order valence-electron chi connectivity index (χ2n) is 9.41. The molecule has 1 amide bonds. The van der Waals surface area contributed by atoms with Crippen LogP contribution in [0.1, 0.15) is 36.0 Å². The fourth-order valence-corrected chi connectivity index (χ4v) is 5.46. The van der Waals surface area contributed by atoms with Crippen LogP contribution in [-0.2, 0) is 0 Å². The van der Waals surface area contributed by atoms with Crippen molar-refractivity contribution in [2.75, 3.05) is 30.9 Å². The van der Waals surface area contributed by atoms with Crippen molar-refractivity contribution in [1.82, 2.24) is 15.3 Å². The maximum atomic E-state index is 12.6. The first-order valence-electron chi connectivity index (χ1n) is 12.2. The van der Waals surface area contributed by atoms with Gasteiger partial charge >= 0.3 is 0 Å². The van der Waals surface area contributed by atoms with Gasteiger partial charge in [-0.15, -0.1) is 11.3 Å². The lowest BCUT2D eigenvalue weighted by Crippen LogP contribution is -2.34. The first-order valence-corrected chi connectivity index (χ1v) is 13.1. The smallest absolute Gasteiger partial charge is 0.251 e. The first-order chi connectivity index (χ1) is 17.1.